The maximum atomic E-state index is 12.3. The van der Waals surface area contributed by atoms with Crippen LogP contribution in [-0.4, -0.2) is 55.1 Å². The Hall–Kier alpha value is -0.190. The third kappa shape index (κ3) is 4.91. The Morgan fingerprint density at radius 3 is 3.07 bits per heavy atom. The minimum atomic E-state index is -0.410. The molecular weight excluding hydrogens is 197 g/mol. The first-order valence-corrected chi connectivity index (χ1v) is 5.81. The van der Waals surface area contributed by atoms with Crippen molar-refractivity contribution in [3.05, 3.63) is 0 Å². The van der Waals surface area contributed by atoms with Crippen molar-refractivity contribution in [3.8, 4) is 0 Å². The van der Waals surface area contributed by atoms with E-state index >= 15 is 0 Å². The SMILES string of the molecule is CC(CF)OC1CCCN(CCCO)C1. The van der Waals surface area contributed by atoms with Gasteiger partial charge < -0.3 is 14.7 Å². The molecule has 1 heterocycles. The number of aliphatic hydroxyl groups is 1. The molecule has 0 amide bonds. The standard InChI is InChI=1S/C11H22FNO2/c1-10(8-12)15-11-4-2-5-13(9-11)6-3-7-14/h10-11,14H,2-9H2,1H3. The molecule has 90 valence electrons. The van der Waals surface area contributed by atoms with Crippen molar-refractivity contribution in [2.24, 2.45) is 0 Å². The molecule has 1 aliphatic heterocycles. The highest BCUT2D eigenvalue weighted by molar-refractivity contribution is 4.74. The van der Waals surface area contributed by atoms with Gasteiger partial charge in [-0.15, -0.1) is 0 Å². The monoisotopic (exact) mass is 219 g/mol. The molecule has 0 spiro atoms. The van der Waals surface area contributed by atoms with Crippen LogP contribution in [0.5, 0.6) is 0 Å². The average molecular weight is 219 g/mol. The highest BCUT2D eigenvalue weighted by Crippen LogP contribution is 2.15. The molecule has 0 radical (unpaired) electrons. The summed E-state index contributed by atoms with van der Waals surface area (Å²) in [5.41, 5.74) is 0. The van der Waals surface area contributed by atoms with Crippen molar-refractivity contribution in [2.75, 3.05) is 32.9 Å². The molecule has 4 heteroatoms. The summed E-state index contributed by atoms with van der Waals surface area (Å²) in [6.07, 6.45) is 2.83. The third-order valence-electron chi connectivity index (χ3n) is 2.74. The first-order chi connectivity index (χ1) is 7.26. The molecule has 1 aliphatic rings. The second-order valence-electron chi connectivity index (χ2n) is 4.24. The zero-order valence-electron chi connectivity index (χ0n) is 9.49. The van der Waals surface area contributed by atoms with Crippen LogP contribution in [-0.2, 0) is 4.74 Å². The van der Waals surface area contributed by atoms with Crippen LogP contribution >= 0.6 is 0 Å². The van der Waals surface area contributed by atoms with Gasteiger partial charge in [0.05, 0.1) is 12.2 Å². The van der Waals surface area contributed by atoms with Crippen LogP contribution in [0.3, 0.4) is 0 Å². The zero-order chi connectivity index (χ0) is 11.1. The Morgan fingerprint density at radius 2 is 2.40 bits per heavy atom. The van der Waals surface area contributed by atoms with Crippen molar-refractivity contribution in [1.29, 1.82) is 0 Å². The van der Waals surface area contributed by atoms with E-state index < -0.39 is 6.67 Å². The van der Waals surface area contributed by atoms with Crippen molar-refractivity contribution in [2.45, 2.75) is 38.4 Å². The second-order valence-corrected chi connectivity index (χ2v) is 4.24. The Morgan fingerprint density at radius 1 is 1.60 bits per heavy atom. The molecule has 0 bridgehead atoms. The van der Waals surface area contributed by atoms with E-state index in [0.29, 0.717) is 0 Å². The Labute approximate surface area is 91.2 Å². The molecule has 1 fully saturated rings. The average Bonchev–Trinajstić information content (AvgIpc) is 2.26. The van der Waals surface area contributed by atoms with Gasteiger partial charge in [0.25, 0.3) is 0 Å². The molecular formula is C11H22FNO2. The van der Waals surface area contributed by atoms with Crippen LogP contribution in [0.25, 0.3) is 0 Å². The Balaban J connectivity index is 2.22. The van der Waals surface area contributed by atoms with E-state index in [1.165, 1.54) is 0 Å². The predicted octanol–water partition coefficient (Wildman–Crippen LogP) is 1.21. The van der Waals surface area contributed by atoms with Crippen LogP contribution in [0.4, 0.5) is 4.39 Å². The van der Waals surface area contributed by atoms with Gasteiger partial charge in [-0.25, -0.2) is 4.39 Å². The number of aliphatic hydroxyl groups excluding tert-OH is 1. The van der Waals surface area contributed by atoms with Gasteiger partial charge in [0.1, 0.15) is 6.67 Å². The largest absolute Gasteiger partial charge is 0.396 e. The third-order valence-corrected chi connectivity index (χ3v) is 2.74. The van der Waals surface area contributed by atoms with E-state index in [4.69, 9.17) is 9.84 Å². The molecule has 1 rings (SSSR count). The van der Waals surface area contributed by atoms with Crippen molar-refractivity contribution < 1.29 is 14.2 Å². The van der Waals surface area contributed by atoms with Gasteiger partial charge in [-0.05, 0) is 32.7 Å². The minimum absolute atomic E-state index is 0.170. The molecule has 15 heavy (non-hydrogen) atoms. The molecule has 3 nitrogen and oxygen atoms in total. The maximum absolute atomic E-state index is 12.3. The Kier molecular flexibility index (Phi) is 6.13. The number of hydrogen-bond acceptors (Lipinski definition) is 3. The lowest BCUT2D eigenvalue weighted by atomic mass is 10.1. The van der Waals surface area contributed by atoms with Crippen LogP contribution in [0.2, 0.25) is 0 Å². The summed E-state index contributed by atoms with van der Waals surface area (Å²) >= 11 is 0. The fourth-order valence-electron chi connectivity index (χ4n) is 1.99. The summed E-state index contributed by atoms with van der Waals surface area (Å²) in [7, 11) is 0. The molecule has 0 aliphatic carbocycles. The van der Waals surface area contributed by atoms with E-state index in [0.717, 1.165) is 38.9 Å². The summed E-state index contributed by atoms with van der Waals surface area (Å²) in [5.74, 6) is 0. The van der Waals surface area contributed by atoms with Crippen molar-refractivity contribution in [3.63, 3.8) is 0 Å². The molecule has 2 unspecified atom stereocenters. The van der Waals surface area contributed by atoms with E-state index in [1.807, 2.05) is 0 Å². The minimum Gasteiger partial charge on any atom is -0.396 e. The molecule has 2 atom stereocenters. The quantitative estimate of drug-likeness (QED) is 0.729. The molecule has 0 aromatic carbocycles. The van der Waals surface area contributed by atoms with Crippen LogP contribution in [0, 0.1) is 0 Å². The van der Waals surface area contributed by atoms with Crippen LogP contribution in [0.1, 0.15) is 26.2 Å². The summed E-state index contributed by atoms with van der Waals surface area (Å²) in [4.78, 5) is 2.29. The predicted molar refractivity (Wildman–Crippen MR) is 57.7 cm³/mol. The molecule has 0 aromatic heterocycles. The van der Waals surface area contributed by atoms with Gasteiger partial charge in [-0.3, -0.25) is 0 Å². The molecule has 0 saturated carbocycles. The molecule has 1 saturated heterocycles. The normalized spacial score (nSPS) is 25.4. The zero-order valence-corrected chi connectivity index (χ0v) is 9.49. The number of likely N-dealkylation sites (tertiary alicyclic amines) is 1. The smallest absolute Gasteiger partial charge is 0.115 e. The number of piperidine rings is 1. The van der Waals surface area contributed by atoms with Gasteiger partial charge in [0, 0.05) is 19.7 Å². The highest BCUT2D eigenvalue weighted by atomic mass is 19.1. The van der Waals surface area contributed by atoms with E-state index in [1.54, 1.807) is 6.92 Å². The van der Waals surface area contributed by atoms with E-state index in [-0.39, 0.29) is 18.8 Å². The van der Waals surface area contributed by atoms with Crippen molar-refractivity contribution in [1.82, 2.24) is 4.90 Å². The number of halogens is 1. The van der Waals surface area contributed by atoms with Gasteiger partial charge >= 0.3 is 0 Å². The summed E-state index contributed by atoms with van der Waals surface area (Å²) in [6, 6.07) is 0. The fourth-order valence-corrected chi connectivity index (χ4v) is 1.99. The Bertz CT molecular complexity index is 169. The van der Waals surface area contributed by atoms with Crippen molar-refractivity contribution >= 4 is 0 Å². The molecule has 0 aromatic rings. The summed E-state index contributed by atoms with van der Waals surface area (Å²) in [6.45, 7) is 4.47. The topological polar surface area (TPSA) is 32.7 Å². The number of alkyl halides is 1. The number of nitrogens with zero attached hydrogens (tertiary/aromatic N) is 1. The fraction of sp³-hybridized carbons (Fsp3) is 1.00. The van der Waals surface area contributed by atoms with E-state index in [9.17, 15) is 4.39 Å². The summed E-state index contributed by atoms with van der Waals surface area (Å²) < 4.78 is 17.8. The molecule has 1 N–H and O–H groups in total. The lowest BCUT2D eigenvalue weighted by molar-refractivity contribution is -0.0486. The van der Waals surface area contributed by atoms with Gasteiger partial charge in [0.15, 0.2) is 0 Å². The van der Waals surface area contributed by atoms with Crippen LogP contribution < -0.4 is 0 Å². The lowest BCUT2D eigenvalue weighted by Crippen LogP contribution is -2.41. The second kappa shape index (κ2) is 7.14. The van der Waals surface area contributed by atoms with Crippen LogP contribution in [0.15, 0.2) is 0 Å². The highest BCUT2D eigenvalue weighted by Gasteiger charge is 2.21. The van der Waals surface area contributed by atoms with Gasteiger partial charge in [-0.2, -0.15) is 0 Å². The maximum Gasteiger partial charge on any atom is 0.115 e. The van der Waals surface area contributed by atoms with Gasteiger partial charge in [0.2, 0.25) is 0 Å². The number of ether oxygens (including phenoxy) is 1. The first-order valence-electron chi connectivity index (χ1n) is 5.81. The van der Waals surface area contributed by atoms with E-state index in [2.05, 4.69) is 4.90 Å². The number of hydrogen-bond donors (Lipinski definition) is 1. The number of rotatable bonds is 6. The summed E-state index contributed by atoms with van der Waals surface area (Å²) in [5, 5.41) is 8.74. The van der Waals surface area contributed by atoms with Gasteiger partial charge in [-0.1, -0.05) is 0 Å². The first kappa shape index (κ1) is 12.9. The lowest BCUT2D eigenvalue weighted by Gasteiger charge is -2.33.